The van der Waals surface area contributed by atoms with Crippen molar-refractivity contribution in [3.05, 3.63) is 0 Å². The van der Waals surface area contributed by atoms with Crippen LogP contribution in [0.15, 0.2) is 0 Å². The van der Waals surface area contributed by atoms with Gasteiger partial charge in [0.25, 0.3) is 0 Å². The van der Waals surface area contributed by atoms with Crippen molar-refractivity contribution in [3.63, 3.8) is 0 Å². The molecule has 0 rings (SSSR count). The van der Waals surface area contributed by atoms with E-state index in [4.69, 9.17) is 0 Å². The molecule has 0 radical (unpaired) electrons. The summed E-state index contributed by atoms with van der Waals surface area (Å²) in [7, 11) is 0. The van der Waals surface area contributed by atoms with Gasteiger partial charge in [0, 0.05) is 12.0 Å². The van der Waals surface area contributed by atoms with Crippen molar-refractivity contribution in [2.24, 2.45) is 0 Å². The summed E-state index contributed by atoms with van der Waals surface area (Å²) >= 11 is 0. The van der Waals surface area contributed by atoms with Gasteiger partial charge in [0.1, 0.15) is 0 Å². The summed E-state index contributed by atoms with van der Waals surface area (Å²) in [6, 6.07) is -0.892. The van der Waals surface area contributed by atoms with Gasteiger partial charge in [0.2, 0.25) is 0 Å². The van der Waals surface area contributed by atoms with Gasteiger partial charge in [-0.25, -0.2) is 0 Å². The van der Waals surface area contributed by atoms with Crippen LogP contribution in [0.3, 0.4) is 0 Å². The van der Waals surface area contributed by atoms with Crippen molar-refractivity contribution in [2.45, 2.75) is 90.0 Å². The number of carboxylic acid groups (broad SMARTS) is 2. The first-order valence-electron chi connectivity index (χ1n) is 8.72. The fourth-order valence-electron chi connectivity index (χ4n) is 2.45. The number of carboxylic acids is 2. The molecular weight excluding hydrogens is 306 g/mol. The molecule has 5 nitrogen and oxygen atoms in total. The zero-order chi connectivity index (χ0) is 16.6. The van der Waals surface area contributed by atoms with E-state index < -0.39 is 18.0 Å². The van der Waals surface area contributed by atoms with Crippen molar-refractivity contribution in [3.8, 4) is 0 Å². The molecule has 0 saturated carbocycles. The number of unbranched alkanes of at least 4 members (excludes halogenated alkanes) is 9. The Morgan fingerprint density at radius 1 is 0.870 bits per heavy atom. The normalized spacial score (nSPS) is 11.7. The van der Waals surface area contributed by atoms with Crippen LogP contribution in [0.5, 0.6) is 0 Å². The first kappa shape index (κ1) is 24.9. The zero-order valence-corrected chi connectivity index (χ0v) is 16.0. The molecule has 23 heavy (non-hydrogen) atoms. The molecule has 0 amide bonds. The summed E-state index contributed by atoms with van der Waals surface area (Å²) < 4.78 is 0. The Morgan fingerprint density at radius 3 is 1.78 bits per heavy atom. The molecule has 0 aromatic carbocycles. The number of nitrogens with one attached hydrogen (secondary N) is 1. The molecule has 0 heterocycles. The van der Waals surface area contributed by atoms with E-state index in [9.17, 15) is 19.8 Å². The number of hydrogen-bond donors (Lipinski definition) is 1. The number of hydrogen-bond acceptors (Lipinski definition) is 5. The van der Waals surface area contributed by atoms with Gasteiger partial charge >= 0.3 is 23.1 Å². The fraction of sp³-hybridized carbons (Fsp3) is 0.882. The molecule has 0 spiro atoms. The van der Waals surface area contributed by atoms with Gasteiger partial charge in [-0.2, -0.15) is 0 Å². The van der Waals surface area contributed by atoms with Crippen LogP contribution < -0.4 is 15.5 Å². The summed E-state index contributed by atoms with van der Waals surface area (Å²) in [4.78, 5) is 21.2. The number of carbonyl (C=O) groups is 2. The van der Waals surface area contributed by atoms with Crippen LogP contribution in [0.2, 0.25) is 0 Å². The second-order valence-corrected chi connectivity index (χ2v) is 5.92. The van der Waals surface area contributed by atoms with E-state index >= 15 is 0 Å². The van der Waals surface area contributed by atoms with Crippen LogP contribution in [-0.4, -0.2) is 47.6 Å². The molecular formula is C17H31MgNO4. The van der Waals surface area contributed by atoms with Crippen molar-refractivity contribution in [1.82, 2.24) is 5.32 Å². The maximum atomic E-state index is 10.8. The van der Waals surface area contributed by atoms with Crippen molar-refractivity contribution in [1.29, 1.82) is 0 Å². The Morgan fingerprint density at radius 2 is 1.35 bits per heavy atom. The van der Waals surface area contributed by atoms with Gasteiger partial charge in [-0.05, 0) is 25.8 Å². The van der Waals surface area contributed by atoms with Gasteiger partial charge in [-0.1, -0.05) is 64.7 Å². The molecule has 0 fully saturated rings. The number of aliphatic carboxylic acids is 2. The molecule has 0 aliphatic carbocycles. The van der Waals surface area contributed by atoms with E-state index in [0.717, 1.165) is 12.8 Å². The van der Waals surface area contributed by atoms with E-state index in [2.05, 4.69) is 12.2 Å². The molecule has 6 heteroatoms. The van der Waals surface area contributed by atoms with E-state index in [-0.39, 0.29) is 35.9 Å². The van der Waals surface area contributed by atoms with E-state index in [1.54, 1.807) is 0 Å². The van der Waals surface area contributed by atoms with Crippen LogP contribution in [0.4, 0.5) is 0 Å². The van der Waals surface area contributed by atoms with Gasteiger partial charge in [0.05, 0.1) is 5.97 Å². The van der Waals surface area contributed by atoms with Crippen LogP contribution >= 0.6 is 0 Å². The zero-order valence-electron chi connectivity index (χ0n) is 14.6. The van der Waals surface area contributed by atoms with E-state index in [1.807, 2.05) is 0 Å². The Bertz CT molecular complexity index is 300. The number of carbonyl (C=O) groups excluding carboxylic acids is 2. The number of rotatable bonds is 16. The first-order chi connectivity index (χ1) is 10.6. The minimum atomic E-state index is -1.24. The van der Waals surface area contributed by atoms with E-state index in [1.165, 1.54) is 51.4 Å². The Labute approximate surface area is 156 Å². The quantitative estimate of drug-likeness (QED) is 0.332. The molecule has 0 saturated heterocycles. The van der Waals surface area contributed by atoms with Crippen LogP contribution in [-0.2, 0) is 9.59 Å². The second-order valence-electron chi connectivity index (χ2n) is 5.92. The Kier molecular flexibility index (Phi) is 19.5. The van der Waals surface area contributed by atoms with Crippen molar-refractivity contribution in [2.75, 3.05) is 6.54 Å². The predicted molar refractivity (Wildman–Crippen MR) is 88.6 cm³/mol. The topological polar surface area (TPSA) is 92.3 Å². The maximum absolute atomic E-state index is 10.8. The predicted octanol–water partition coefficient (Wildman–Crippen LogP) is 0.765. The third kappa shape index (κ3) is 17.9. The SMILES string of the molecule is CCCCCCCCCCCCN[C@H](CCC(=O)[O-])C(=O)[O-].[Mg+2]. The smallest absolute Gasteiger partial charge is 0.550 e. The summed E-state index contributed by atoms with van der Waals surface area (Å²) in [6.45, 7) is 2.81. The maximum Gasteiger partial charge on any atom is 2.00 e. The van der Waals surface area contributed by atoms with Crippen LogP contribution in [0.1, 0.15) is 84.0 Å². The third-order valence-corrected chi connectivity index (χ3v) is 3.84. The van der Waals surface area contributed by atoms with Gasteiger partial charge in [-0.3, -0.25) is 0 Å². The minimum absolute atomic E-state index is 0. The molecule has 0 unspecified atom stereocenters. The Hall–Kier alpha value is -0.334. The largest absolute Gasteiger partial charge is 2.00 e. The molecule has 0 aromatic heterocycles. The Balaban J connectivity index is 0. The van der Waals surface area contributed by atoms with Crippen LogP contribution in [0.25, 0.3) is 0 Å². The van der Waals surface area contributed by atoms with Gasteiger partial charge < -0.3 is 25.1 Å². The summed E-state index contributed by atoms with van der Waals surface area (Å²) in [5.41, 5.74) is 0. The molecule has 130 valence electrons. The molecule has 0 bridgehead atoms. The minimum Gasteiger partial charge on any atom is -0.550 e. The fourth-order valence-corrected chi connectivity index (χ4v) is 2.45. The van der Waals surface area contributed by atoms with Crippen molar-refractivity contribution < 1.29 is 19.8 Å². The van der Waals surface area contributed by atoms with Crippen LogP contribution in [0, 0.1) is 0 Å². The molecule has 0 aliphatic rings. The average Bonchev–Trinajstić information content (AvgIpc) is 2.47. The third-order valence-electron chi connectivity index (χ3n) is 3.84. The molecule has 0 aromatic rings. The second kappa shape index (κ2) is 18.0. The molecule has 0 aliphatic heterocycles. The van der Waals surface area contributed by atoms with Gasteiger partial charge in [0.15, 0.2) is 0 Å². The first-order valence-corrected chi connectivity index (χ1v) is 8.72. The summed E-state index contributed by atoms with van der Waals surface area (Å²) in [5.74, 6) is -2.47. The van der Waals surface area contributed by atoms with Gasteiger partial charge in [-0.15, -0.1) is 0 Å². The molecule has 1 atom stereocenters. The standard InChI is InChI=1S/C17H33NO4.Mg/c1-2-3-4-5-6-7-8-9-10-11-14-18-15(17(21)22)12-13-16(19)20;/h15,18H,2-14H2,1H3,(H,19,20)(H,21,22);/q;+2/p-2/t15-;/m1./s1. The molecule has 1 N–H and O–H groups in total. The average molecular weight is 338 g/mol. The monoisotopic (exact) mass is 337 g/mol. The van der Waals surface area contributed by atoms with Crippen molar-refractivity contribution >= 4 is 35.0 Å². The summed E-state index contributed by atoms with van der Waals surface area (Å²) in [5, 5.41) is 24.0. The summed E-state index contributed by atoms with van der Waals surface area (Å²) in [6.07, 6.45) is 12.0. The van der Waals surface area contributed by atoms with E-state index in [0.29, 0.717) is 6.54 Å².